The number of carbonyl (C=O) groups is 1. The third-order valence-corrected chi connectivity index (χ3v) is 2.19. The topological polar surface area (TPSA) is 56.8 Å². The fourth-order valence-electron chi connectivity index (χ4n) is 1.43. The molecule has 2 rings (SSSR count). The van der Waals surface area contributed by atoms with Crippen LogP contribution in [0.5, 0.6) is 11.5 Å². The third kappa shape index (κ3) is 1.56. The van der Waals surface area contributed by atoms with Gasteiger partial charge in [-0.25, -0.2) is 4.79 Å². The van der Waals surface area contributed by atoms with Crippen LogP contribution in [0, 0.1) is 0 Å². The number of esters is 1. The van der Waals surface area contributed by atoms with Crippen LogP contribution >= 0.6 is 0 Å². The van der Waals surface area contributed by atoms with Crippen molar-refractivity contribution in [3.8, 4) is 11.5 Å². The molecule has 80 valence electrons. The number of anilines is 1. The standard InChI is InChI=1S/C10H11NO4/c1-11-7-4-9-8(14-5-15-9)3-6(7)10(12)13-2/h3-4,11H,5H2,1-2H3. The molecule has 1 aliphatic rings. The van der Waals surface area contributed by atoms with E-state index in [1.54, 1.807) is 19.2 Å². The highest BCUT2D eigenvalue weighted by Crippen LogP contribution is 2.37. The minimum atomic E-state index is -0.405. The molecule has 1 heterocycles. The Labute approximate surface area is 86.9 Å². The molecule has 0 saturated heterocycles. The van der Waals surface area contributed by atoms with Gasteiger partial charge in [0.05, 0.1) is 18.4 Å². The van der Waals surface area contributed by atoms with E-state index in [1.165, 1.54) is 7.11 Å². The molecule has 0 atom stereocenters. The van der Waals surface area contributed by atoms with Crippen LogP contribution in [-0.4, -0.2) is 26.9 Å². The average Bonchev–Trinajstić information content (AvgIpc) is 2.73. The second kappa shape index (κ2) is 3.68. The fourth-order valence-corrected chi connectivity index (χ4v) is 1.43. The largest absolute Gasteiger partial charge is 0.465 e. The molecule has 0 fully saturated rings. The molecule has 0 amide bonds. The number of hydrogen-bond acceptors (Lipinski definition) is 5. The number of rotatable bonds is 2. The summed E-state index contributed by atoms with van der Waals surface area (Å²) < 4.78 is 15.0. The van der Waals surface area contributed by atoms with Gasteiger partial charge in [-0.2, -0.15) is 0 Å². The predicted octanol–water partition coefficient (Wildman–Crippen LogP) is 1.24. The van der Waals surface area contributed by atoms with Gasteiger partial charge in [-0.05, 0) is 0 Å². The van der Waals surface area contributed by atoms with Gasteiger partial charge in [-0.15, -0.1) is 0 Å². The van der Waals surface area contributed by atoms with Crippen molar-refractivity contribution in [1.29, 1.82) is 0 Å². The van der Waals surface area contributed by atoms with Gasteiger partial charge in [-0.1, -0.05) is 0 Å². The molecule has 0 bridgehead atoms. The maximum atomic E-state index is 11.4. The quantitative estimate of drug-likeness (QED) is 0.743. The van der Waals surface area contributed by atoms with E-state index in [0.717, 1.165) is 0 Å². The molecule has 0 saturated carbocycles. The molecule has 5 heteroatoms. The summed E-state index contributed by atoms with van der Waals surface area (Å²) in [5.41, 5.74) is 1.09. The first-order valence-electron chi connectivity index (χ1n) is 4.46. The van der Waals surface area contributed by atoms with Crippen molar-refractivity contribution in [3.63, 3.8) is 0 Å². The van der Waals surface area contributed by atoms with Crippen LogP contribution < -0.4 is 14.8 Å². The Hall–Kier alpha value is -1.91. The highest BCUT2D eigenvalue weighted by molar-refractivity contribution is 5.96. The summed E-state index contributed by atoms with van der Waals surface area (Å²) >= 11 is 0. The predicted molar refractivity (Wildman–Crippen MR) is 53.5 cm³/mol. The van der Waals surface area contributed by atoms with E-state index >= 15 is 0 Å². The van der Waals surface area contributed by atoms with Crippen molar-refractivity contribution in [3.05, 3.63) is 17.7 Å². The normalized spacial score (nSPS) is 12.4. The Balaban J connectivity index is 2.48. The number of methoxy groups -OCH3 is 1. The second-order valence-electron chi connectivity index (χ2n) is 2.99. The van der Waals surface area contributed by atoms with E-state index in [9.17, 15) is 4.79 Å². The first kappa shape index (κ1) is 9.64. The van der Waals surface area contributed by atoms with Crippen molar-refractivity contribution in [1.82, 2.24) is 0 Å². The number of ether oxygens (including phenoxy) is 3. The Bertz CT molecular complexity index is 403. The molecule has 1 aromatic rings. The van der Waals surface area contributed by atoms with Gasteiger partial charge in [0, 0.05) is 19.2 Å². The lowest BCUT2D eigenvalue weighted by molar-refractivity contribution is 0.0601. The van der Waals surface area contributed by atoms with Crippen LogP contribution in [-0.2, 0) is 4.74 Å². The van der Waals surface area contributed by atoms with Gasteiger partial charge in [0.2, 0.25) is 6.79 Å². The van der Waals surface area contributed by atoms with E-state index in [2.05, 4.69) is 10.1 Å². The van der Waals surface area contributed by atoms with Crippen LogP contribution in [0.3, 0.4) is 0 Å². The van der Waals surface area contributed by atoms with Gasteiger partial charge < -0.3 is 19.5 Å². The molecule has 1 aliphatic heterocycles. The lowest BCUT2D eigenvalue weighted by Crippen LogP contribution is -2.05. The lowest BCUT2D eigenvalue weighted by atomic mass is 10.1. The summed E-state index contributed by atoms with van der Waals surface area (Å²) in [6.45, 7) is 0.184. The number of carbonyl (C=O) groups excluding carboxylic acids is 1. The zero-order valence-electron chi connectivity index (χ0n) is 8.49. The monoisotopic (exact) mass is 209 g/mol. The zero-order valence-corrected chi connectivity index (χ0v) is 8.49. The van der Waals surface area contributed by atoms with Gasteiger partial charge in [-0.3, -0.25) is 0 Å². The summed E-state index contributed by atoms with van der Waals surface area (Å²) in [6, 6.07) is 3.33. The fraction of sp³-hybridized carbons (Fsp3) is 0.300. The molecule has 0 aliphatic carbocycles. The Morgan fingerprint density at radius 3 is 2.67 bits per heavy atom. The minimum absolute atomic E-state index is 0.184. The molecule has 5 nitrogen and oxygen atoms in total. The van der Waals surface area contributed by atoms with Crippen LogP contribution in [0.4, 0.5) is 5.69 Å². The maximum absolute atomic E-state index is 11.4. The van der Waals surface area contributed by atoms with Gasteiger partial charge in [0.25, 0.3) is 0 Å². The van der Waals surface area contributed by atoms with E-state index in [4.69, 9.17) is 9.47 Å². The van der Waals surface area contributed by atoms with Crippen molar-refractivity contribution < 1.29 is 19.0 Å². The lowest BCUT2D eigenvalue weighted by Gasteiger charge is -2.08. The average molecular weight is 209 g/mol. The highest BCUT2D eigenvalue weighted by Gasteiger charge is 2.20. The molecule has 0 aromatic heterocycles. The Morgan fingerprint density at radius 2 is 2.07 bits per heavy atom. The molecule has 0 spiro atoms. The SMILES string of the molecule is CNc1cc2c(cc1C(=O)OC)OCO2. The minimum Gasteiger partial charge on any atom is -0.465 e. The first-order chi connectivity index (χ1) is 7.26. The van der Waals surface area contributed by atoms with Crippen molar-refractivity contribution in [2.24, 2.45) is 0 Å². The Kier molecular flexibility index (Phi) is 2.37. The number of fused-ring (bicyclic) bond motifs is 1. The van der Waals surface area contributed by atoms with E-state index in [0.29, 0.717) is 22.7 Å². The van der Waals surface area contributed by atoms with Crippen LogP contribution in [0.15, 0.2) is 12.1 Å². The van der Waals surface area contributed by atoms with Crippen molar-refractivity contribution >= 4 is 11.7 Å². The van der Waals surface area contributed by atoms with Crippen molar-refractivity contribution in [2.75, 3.05) is 26.3 Å². The number of nitrogens with one attached hydrogen (secondary N) is 1. The number of hydrogen-bond donors (Lipinski definition) is 1. The Morgan fingerprint density at radius 1 is 1.40 bits per heavy atom. The molecule has 0 unspecified atom stereocenters. The van der Waals surface area contributed by atoms with Gasteiger partial charge in [0.15, 0.2) is 11.5 Å². The molecule has 1 N–H and O–H groups in total. The van der Waals surface area contributed by atoms with Crippen molar-refractivity contribution in [2.45, 2.75) is 0 Å². The summed E-state index contributed by atoms with van der Waals surface area (Å²) in [7, 11) is 3.07. The summed E-state index contributed by atoms with van der Waals surface area (Å²) in [5, 5.41) is 2.90. The number of benzene rings is 1. The summed E-state index contributed by atoms with van der Waals surface area (Å²) in [5.74, 6) is 0.791. The summed E-state index contributed by atoms with van der Waals surface area (Å²) in [6.07, 6.45) is 0. The smallest absolute Gasteiger partial charge is 0.340 e. The molecular weight excluding hydrogens is 198 g/mol. The van der Waals surface area contributed by atoms with Crippen LogP contribution in [0.25, 0.3) is 0 Å². The first-order valence-corrected chi connectivity index (χ1v) is 4.46. The van der Waals surface area contributed by atoms with Crippen LogP contribution in [0.2, 0.25) is 0 Å². The molecule has 1 aromatic carbocycles. The zero-order chi connectivity index (χ0) is 10.8. The second-order valence-corrected chi connectivity index (χ2v) is 2.99. The third-order valence-electron chi connectivity index (χ3n) is 2.19. The maximum Gasteiger partial charge on any atom is 0.340 e. The van der Waals surface area contributed by atoms with E-state index < -0.39 is 5.97 Å². The van der Waals surface area contributed by atoms with E-state index in [-0.39, 0.29) is 6.79 Å². The van der Waals surface area contributed by atoms with Gasteiger partial charge >= 0.3 is 5.97 Å². The highest BCUT2D eigenvalue weighted by atomic mass is 16.7. The molecular formula is C10H11NO4. The summed E-state index contributed by atoms with van der Waals surface area (Å²) in [4.78, 5) is 11.4. The van der Waals surface area contributed by atoms with Gasteiger partial charge in [0.1, 0.15) is 0 Å². The molecule has 0 radical (unpaired) electrons. The van der Waals surface area contributed by atoms with Crippen LogP contribution in [0.1, 0.15) is 10.4 Å². The van der Waals surface area contributed by atoms with E-state index in [1.807, 2.05) is 0 Å². The molecule has 15 heavy (non-hydrogen) atoms.